The van der Waals surface area contributed by atoms with Gasteiger partial charge in [0.15, 0.2) is 0 Å². The molecule has 2 heterocycles. The fourth-order valence-corrected chi connectivity index (χ4v) is 4.55. The lowest BCUT2D eigenvalue weighted by atomic mass is 9.97. The average molecular weight is 477 g/mol. The van der Waals surface area contributed by atoms with Crippen LogP contribution in [0.25, 0.3) is 11.4 Å². The summed E-state index contributed by atoms with van der Waals surface area (Å²) in [7, 11) is 0. The zero-order chi connectivity index (χ0) is 24.5. The Labute approximate surface area is 207 Å². The van der Waals surface area contributed by atoms with Crippen LogP contribution in [0.4, 0.5) is 0 Å². The van der Waals surface area contributed by atoms with E-state index in [1.165, 1.54) is 5.56 Å². The molecule has 1 unspecified atom stereocenters. The van der Waals surface area contributed by atoms with Gasteiger partial charge in [0.25, 0.3) is 0 Å². The first-order valence-electron chi connectivity index (χ1n) is 12.7. The highest BCUT2D eigenvalue weighted by atomic mass is 16.5. The number of amides is 1. The molecule has 0 bridgehead atoms. The van der Waals surface area contributed by atoms with E-state index in [1.807, 2.05) is 49.4 Å². The second-order valence-corrected chi connectivity index (χ2v) is 9.25. The third-order valence-electron chi connectivity index (χ3n) is 6.45. The highest BCUT2D eigenvalue weighted by Crippen LogP contribution is 2.23. The molecule has 0 radical (unpaired) electrons. The van der Waals surface area contributed by atoms with E-state index in [0.717, 1.165) is 62.1 Å². The molecule has 1 aliphatic rings. The summed E-state index contributed by atoms with van der Waals surface area (Å²) < 4.78 is 11.4. The smallest absolute Gasteiger partial charge is 0.241 e. The summed E-state index contributed by atoms with van der Waals surface area (Å²) in [6.07, 6.45) is 4.66. The molecule has 186 valence electrons. The first kappa shape index (κ1) is 24.9. The lowest BCUT2D eigenvalue weighted by Crippen LogP contribution is -2.43. The fourth-order valence-electron chi connectivity index (χ4n) is 4.55. The zero-order valence-corrected chi connectivity index (χ0v) is 20.8. The van der Waals surface area contributed by atoms with E-state index in [1.54, 1.807) is 0 Å². The van der Waals surface area contributed by atoms with E-state index in [9.17, 15) is 4.79 Å². The molecular weight excluding hydrogens is 440 g/mol. The van der Waals surface area contributed by atoms with Gasteiger partial charge >= 0.3 is 0 Å². The number of nitrogens with zero attached hydrogens (tertiary/aromatic N) is 3. The van der Waals surface area contributed by atoms with Crippen molar-refractivity contribution in [3.05, 3.63) is 65.5 Å². The quantitative estimate of drug-likeness (QED) is 0.401. The number of carbonyl (C=O) groups is 1. The van der Waals surface area contributed by atoms with Gasteiger partial charge in [-0.25, -0.2) is 0 Å². The topological polar surface area (TPSA) is 80.5 Å². The second kappa shape index (κ2) is 12.5. The van der Waals surface area contributed by atoms with Crippen molar-refractivity contribution in [1.29, 1.82) is 0 Å². The van der Waals surface area contributed by atoms with Crippen LogP contribution in [-0.4, -0.2) is 47.2 Å². The molecule has 1 amide bonds. The molecular formula is C28H36N4O3. The number of piperidine rings is 1. The van der Waals surface area contributed by atoms with Crippen molar-refractivity contribution in [3.8, 4) is 17.1 Å². The molecule has 7 nitrogen and oxygen atoms in total. The molecule has 2 aromatic carbocycles. The predicted octanol–water partition coefficient (Wildman–Crippen LogP) is 4.79. The van der Waals surface area contributed by atoms with Gasteiger partial charge in [0, 0.05) is 18.7 Å². The first-order valence-corrected chi connectivity index (χ1v) is 12.7. The third kappa shape index (κ3) is 6.92. The monoisotopic (exact) mass is 476 g/mol. The maximum Gasteiger partial charge on any atom is 0.241 e. The van der Waals surface area contributed by atoms with E-state index in [4.69, 9.17) is 9.26 Å². The van der Waals surface area contributed by atoms with Crippen molar-refractivity contribution in [2.24, 2.45) is 5.92 Å². The molecule has 0 spiro atoms. The number of aryl methyl sites for hydroxylation is 2. The minimum absolute atomic E-state index is 0.0114. The van der Waals surface area contributed by atoms with Crippen LogP contribution in [0, 0.1) is 12.8 Å². The SMILES string of the molecule is CCCOc1ccccc1CCCNC(=O)C1CCCN(Cc2nc(-c3ccccc3C)no2)C1. The number of hydrogen-bond acceptors (Lipinski definition) is 6. The Kier molecular flexibility index (Phi) is 8.90. The normalized spacial score (nSPS) is 16.2. The van der Waals surface area contributed by atoms with Crippen molar-refractivity contribution < 1.29 is 14.1 Å². The Morgan fingerprint density at radius 1 is 1.20 bits per heavy atom. The molecule has 3 aromatic rings. The predicted molar refractivity (Wildman–Crippen MR) is 136 cm³/mol. The van der Waals surface area contributed by atoms with Crippen LogP contribution in [0.2, 0.25) is 0 Å². The Morgan fingerprint density at radius 3 is 2.89 bits per heavy atom. The Morgan fingerprint density at radius 2 is 2.03 bits per heavy atom. The highest BCUT2D eigenvalue weighted by Gasteiger charge is 2.26. The van der Waals surface area contributed by atoms with Gasteiger partial charge < -0.3 is 14.6 Å². The number of ether oxygens (including phenoxy) is 1. The van der Waals surface area contributed by atoms with E-state index in [-0.39, 0.29) is 11.8 Å². The molecule has 1 aliphatic heterocycles. The van der Waals surface area contributed by atoms with Gasteiger partial charge in [-0.05, 0) is 62.8 Å². The Hall–Kier alpha value is -3.19. The van der Waals surface area contributed by atoms with Crippen LogP contribution in [0.1, 0.15) is 49.6 Å². The summed E-state index contributed by atoms with van der Waals surface area (Å²) in [6, 6.07) is 16.2. The molecule has 1 fully saturated rings. The molecule has 1 saturated heterocycles. The first-order chi connectivity index (χ1) is 17.1. The summed E-state index contributed by atoms with van der Waals surface area (Å²) in [5, 5.41) is 7.31. The van der Waals surface area contributed by atoms with Crippen molar-refractivity contribution in [2.75, 3.05) is 26.2 Å². The number of benzene rings is 2. The van der Waals surface area contributed by atoms with Crippen LogP contribution in [-0.2, 0) is 17.8 Å². The van der Waals surface area contributed by atoms with Gasteiger partial charge in [0.1, 0.15) is 5.75 Å². The minimum Gasteiger partial charge on any atom is -0.493 e. The standard InChI is InChI=1S/C28H36N4O3/c1-3-18-34-25-15-7-5-11-22(25)12-8-16-29-28(33)23-13-9-17-32(19-23)20-26-30-27(31-35-26)24-14-6-4-10-21(24)2/h4-7,10-11,14-15,23H,3,8-9,12-13,16-20H2,1-2H3,(H,29,33). The molecule has 0 saturated carbocycles. The van der Waals surface area contributed by atoms with Gasteiger partial charge in [0.2, 0.25) is 17.6 Å². The minimum atomic E-state index is -0.0114. The largest absolute Gasteiger partial charge is 0.493 e. The number of para-hydroxylation sites is 1. The van der Waals surface area contributed by atoms with E-state index >= 15 is 0 Å². The lowest BCUT2D eigenvalue weighted by Gasteiger charge is -2.30. The van der Waals surface area contributed by atoms with Crippen LogP contribution >= 0.6 is 0 Å². The summed E-state index contributed by atoms with van der Waals surface area (Å²) in [5.41, 5.74) is 3.30. The summed E-state index contributed by atoms with van der Waals surface area (Å²) >= 11 is 0. The number of rotatable bonds is 11. The summed E-state index contributed by atoms with van der Waals surface area (Å²) in [4.78, 5) is 19.7. The van der Waals surface area contributed by atoms with Crippen molar-refractivity contribution >= 4 is 5.91 Å². The van der Waals surface area contributed by atoms with Crippen molar-refractivity contribution in [3.63, 3.8) is 0 Å². The van der Waals surface area contributed by atoms with Crippen LogP contribution in [0.3, 0.4) is 0 Å². The van der Waals surface area contributed by atoms with Gasteiger partial charge in [0.05, 0.1) is 19.1 Å². The van der Waals surface area contributed by atoms with Gasteiger partial charge in [-0.2, -0.15) is 4.98 Å². The van der Waals surface area contributed by atoms with Gasteiger partial charge in [-0.15, -0.1) is 0 Å². The number of aromatic nitrogens is 2. The molecule has 4 rings (SSSR count). The molecule has 1 N–H and O–H groups in total. The molecule has 1 aromatic heterocycles. The molecule has 7 heteroatoms. The average Bonchev–Trinajstić information content (AvgIpc) is 3.34. The fraction of sp³-hybridized carbons (Fsp3) is 0.464. The lowest BCUT2D eigenvalue weighted by molar-refractivity contribution is -0.126. The molecule has 35 heavy (non-hydrogen) atoms. The van der Waals surface area contributed by atoms with E-state index in [2.05, 4.69) is 33.3 Å². The number of hydrogen-bond donors (Lipinski definition) is 1. The van der Waals surface area contributed by atoms with Crippen LogP contribution in [0.15, 0.2) is 53.1 Å². The van der Waals surface area contributed by atoms with Crippen LogP contribution < -0.4 is 10.1 Å². The summed E-state index contributed by atoms with van der Waals surface area (Å²) in [6.45, 7) is 7.75. The number of likely N-dealkylation sites (tertiary alicyclic amines) is 1. The zero-order valence-electron chi connectivity index (χ0n) is 20.8. The molecule has 0 aliphatic carbocycles. The highest BCUT2D eigenvalue weighted by molar-refractivity contribution is 5.78. The summed E-state index contributed by atoms with van der Waals surface area (Å²) in [5.74, 6) is 2.29. The van der Waals surface area contributed by atoms with Gasteiger partial charge in [-0.3, -0.25) is 9.69 Å². The maximum absolute atomic E-state index is 12.8. The van der Waals surface area contributed by atoms with Gasteiger partial charge in [-0.1, -0.05) is 54.5 Å². The molecule has 1 atom stereocenters. The van der Waals surface area contributed by atoms with Crippen LogP contribution in [0.5, 0.6) is 5.75 Å². The second-order valence-electron chi connectivity index (χ2n) is 9.25. The third-order valence-corrected chi connectivity index (χ3v) is 6.45. The Balaban J connectivity index is 1.23. The Bertz CT molecular complexity index is 1100. The number of nitrogens with one attached hydrogen (secondary N) is 1. The number of carbonyl (C=O) groups excluding carboxylic acids is 1. The van der Waals surface area contributed by atoms with E-state index in [0.29, 0.717) is 31.3 Å². The maximum atomic E-state index is 12.8. The van der Waals surface area contributed by atoms with Crippen molar-refractivity contribution in [1.82, 2.24) is 20.4 Å². The van der Waals surface area contributed by atoms with E-state index < -0.39 is 0 Å². The van der Waals surface area contributed by atoms with Crippen molar-refractivity contribution in [2.45, 2.75) is 52.5 Å².